The fourth-order valence-electron chi connectivity index (χ4n) is 1.65. The molecule has 0 spiro atoms. The van der Waals surface area contributed by atoms with E-state index in [0.29, 0.717) is 18.1 Å². The zero-order valence-electron chi connectivity index (χ0n) is 12.4. The first-order valence-corrected chi connectivity index (χ1v) is 6.65. The van der Waals surface area contributed by atoms with Crippen molar-refractivity contribution in [3.63, 3.8) is 0 Å². The van der Waals surface area contributed by atoms with Gasteiger partial charge in [0.15, 0.2) is 0 Å². The Bertz CT molecular complexity index is 456. The van der Waals surface area contributed by atoms with Crippen molar-refractivity contribution in [1.29, 1.82) is 0 Å². The van der Waals surface area contributed by atoms with Crippen molar-refractivity contribution in [3.8, 4) is 0 Å². The number of nitrogens with one attached hydrogen (secondary N) is 2. The van der Waals surface area contributed by atoms with Gasteiger partial charge in [-0.2, -0.15) is 0 Å². The second-order valence-electron chi connectivity index (χ2n) is 4.91. The van der Waals surface area contributed by atoms with Crippen molar-refractivity contribution >= 4 is 17.7 Å². The molecule has 1 heterocycles. The van der Waals surface area contributed by atoms with Crippen LogP contribution >= 0.6 is 0 Å². The minimum Gasteiger partial charge on any atom is -0.353 e. The van der Waals surface area contributed by atoms with Crippen LogP contribution in [0.2, 0.25) is 0 Å². The van der Waals surface area contributed by atoms with Gasteiger partial charge in [-0.15, -0.1) is 0 Å². The molecule has 0 saturated carbocycles. The van der Waals surface area contributed by atoms with Crippen LogP contribution in [0.15, 0.2) is 10.6 Å². The Kier molecular flexibility index (Phi) is 6.17. The zero-order chi connectivity index (χ0) is 15.1. The molecule has 0 atom stereocenters. The van der Waals surface area contributed by atoms with E-state index in [2.05, 4.69) is 15.8 Å². The molecule has 0 unspecified atom stereocenters. The maximum Gasteiger partial charge on any atom is 0.240 e. The largest absolute Gasteiger partial charge is 0.353 e. The number of carbonyl (C=O) groups excluding carboxylic acids is 2. The number of rotatable bonds is 7. The summed E-state index contributed by atoms with van der Waals surface area (Å²) >= 11 is 0. The molecule has 2 N–H and O–H groups in total. The van der Waals surface area contributed by atoms with Crippen molar-refractivity contribution in [2.75, 3.05) is 25.0 Å². The highest BCUT2D eigenvalue weighted by molar-refractivity contribution is 5.91. The Morgan fingerprint density at radius 1 is 1.35 bits per heavy atom. The van der Waals surface area contributed by atoms with E-state index in [1.807, 2.05) is 20.8 Å². The first-order valence-electron chi connectivity index (χ1n) is 6.65. The Morgan fingerprint density at radius 3 is 2.50 bits per heavy atom. The van der Waals surface area contributed by atoms with Gasteiger partial charge >= 0.3 is 0 Å². The highest BCUT2D eigenvalue weighted by Crippen LogP contribution is 2.07. The standard InChI is InChI=1S/C13H22N4O3/c1-5-17(7-11(18)14-9(2)3)8-12(19)15-13-6-10(4)16-20-13/h6,9H,5,7-8H2,1-4H3,(H,14,18)(H,15,19). The first-order chi connectivity index (χ1) is 9.40. The van der Waals surface area contributed by atoms with E-state index in [0.717, 1.165) is 0 Å². The summed E-state index contributed by atoms with van der Waals surface area (Å²) in [4.78, 5) is 25.2. The number of likely N-dealkylation sites (N-methyl/N-ethyl adjacent to an activating group) is 1. The topological polar surface area (TPSA) is 87.5 Å². The lowest BCUT2D eigenvalue weighted by Gasteiger charge is -2.19. The predicted octanol–water partition coefficient (Wildman–Crippen LogP) is 0.768. The van der Waals surface area contributed by atoms with Gasteiger partial charge in [0.2, 0.25) is 17.7 Å². The van der Waals surface area contributed by atoms with E-state index < -0.39 is 0 Å². The average Bonchev–Trinajstić information content (AvgIpc) is 2.72. The maximum absolute atomic E-state index is 11.8. The lowest BCUT2D eigenvalue weighted by Crippen LogP contribution is -2.42. The Morgan fingerprint density at radius 2 is 2.00 bits per heavy atom. The molecule has 20 heavy (non-hydrogen) atoms. The van der Waals surface area contributed by atoms with Crippen molar-refractivity contribution in [1.82, 2.24) is 15.4 Å². The van der Waals surface area contributed by atoms with Crippen LogP contribution in [0.4, 0.5) is 5.88 Å². The van der Waals surface area contributed by atoms with E-state index >= 15 is 0 Å². The van der Waals surface area contributed by atoms with Gasteiger partial charge in [0.25, 0.3) is 0 Å². The van der Waals surface area contributed by atoms with Crippen molar-refractivity contribution in [2.45, 2.75) is 33.7 Å². The number of aryl methyl sites for hydroxylation is 1. The predicted molar refractivity (Wildman–Crippen MR) is 75.3 cm³/mol. The van der Waals surface area contributed by atoms with Gasteiger partial charge in [-0.3, -0.25) is 19.8 Å². The first kappa shape index (κ1) is 16.2. The molecule has 0 aliphatic carbocycles. The molecule has 1 rings (SSSR count). The van der Waals surface area contributed by atoms with E-state index in [-0.39, 0.29) is 30.9 Å². The van der Waals surface area contributed by atoms with Gasteiger partial charge in [-0.1, -0.05) is 12.1 Å². The number of hydrogen-bond acceptors (Lipinski definition) is 5. The summed E-state index contributed by atoms with van der Waals surface area (Å²) in [5, 5.41) is 9.08. The number of carbonyl (C=O) groups is 2. The van der Waals surface area contributed by atoms with Gasteiger partial charge in [0.05, 0.1) is 18.8 Å². The summed E-state index contributed by atoms with van der Waals surface area (Å²) in [7, 11) is 0. The van der Waals surface area contributed by atoms with Crippen molar-refractivity contribution in [3.05, 3.63) is 11.8 Å². The van der Waals surface area contributed by atoms with E-state index in [1.54, 1.807) is 17.9 Å². The maximum atomic E-state index is 11.8. The second kappa shape index (κ2) is 7.64. The Hall–Kier alpha value is -1.89. The van der Waals surface area contributed by atoms with E-state index in [1.165, 1.54) is 0 Å². The van der Waals surface area contributed by atoms with Crippen LogP contribution in [0.5, 0.6) is 0 Å². The summed E-state index contributed by atoms with van der Waals surface area (Å²) in [6.07, 6.45) is 0. The molecule has 1 aromatic rings. The smallest absolute Gasteiger partial charge is 0.240 e. The molecule has 0 radical (unpaired) electrons. The molecular weight excluding hydrogens is 260 g/mol. The number of hydrogen-bond donors (Lipinski definition) is 2. The normalized spacial score (nSPS) is 10.9. The number of amides is 2. The minimum atomic E-state index is -0.236. The van der Waals surface area contributed by atoms with Crippen LogP contribution in [0, 0.1) is 6.92 Å². The van der Waals surface area contributed by atoms with Crippen LogP contribution in [0.1, 0.15) is 26.5 Å². The lowest BCUT2D eigenvalue weighted by atomic mass is 10.3. The minimum absolute atomic E-state index is 0.0900. The third-order valence-corrected chi connectivity index (χ3v) is 2.52. The molecule has 1 aromatic heterocycles. The molecule has 0 bridgehead atoms. The molecule has 0 fully saturated rings. The highest BCUT2D eigenvalue weighted by Gasteiger charge is 2.14. The number of aromatic nitrogens is 1. The summed E-state index contributed by atoms with van der Waals surface area (Å²) < 4.78 is 4.90. The van der Waals surface area contributed by atoms with Crippen LogP contribution < -0.4 is 10.6 Å². The van der Waals surface area contributed by atoms with E-state index in [9.17, 15) is 9.59 Å². The molecule has 7 heteroatoms. The van der Waals surface area contributed by atoms with Crippen molar-refractivity contribution in [2.24, 2.45) is 0 Å². The summed E-state index contributed by atoms with van der Waals surface area (Å²) in [6.45, 7) is 8.39. The van der Waals surface area contributed by atoms with Gasteiger partial charge in [0, 0.05) is 12.1 Å². The van der Waals surface area contributed by atoms with Crippen molar-refractivity contribution < 1.29 is 14.1 Å². The average molecular weight is 282 g/mol. The van der Waals surface area contributed by atoms with Gasteiger partial charge < -0.3 is 9.84 Å². The van der Waals surface area contributed by atoms with E-state index in [4.69, 9.17) is 4.52 Å². The molecule has 0 aliphatic rings. The zero-order valence-corrected chi connectivity index (χ0v) is 12.4. The van der Waals surface area contributed by atoms with Crippen LogP contribution in [-0.2, 0) is 9.59 Å². The van der Waals surface area contributed by atoms with Gasteiger partial charge in [-0.25, -0.2) is 0 Å². The number of anilines is 1. The third-order valence-electron chi connectivity index (χ3n) is 2.52. The fraction of sp³-hybridized carbons (Fsp3) is 0.615. The summed E-state index contributed by atoms with van der Waals surface area (Å²) in [6, 6.07) is 1.73. The molecule has 0 aliphatic heterocycles. The van der Waals surface area contributed by atoms with Crippen LogP contribution in [-0.4, -0.2) is 47.5 Å². The molecule has 0 aromatic carbocycles. The Balaban J connectivity index is 2.43. The molecule has 2 amide bonds. The van der Waals surface area contributed by atoms with Crippen LogP contribution in [0.3, 0.4) is 0 Å². The molecule has 7 nitrogen and oxygen atoms in total. The van der Waals surface area contributed by atoms with Crippen LogP contribution in [0.25, 0.3) is 0 Å². The SMILES string of the molecule is CCN(CC(=O)Nc1cc(C)no1)CC(=O)NC(C)C. The van der Waals surface area contributed by atoms with Gasteiger partial charge in [0.1, 0.15) is 0 Å². The van der Waals surface area contributed by atoms with Gasteiger partial charge in [-0.05, 0) is 27.3 Å². The summed E-state index contributed by atoms with van der Waals surface area (Å²) in [5.41, 5.74) is 0.698. The lowest BCUT2D eigenvalue weighted by molar-refractivity contribution is -0.123. The monoisotopic (exact) mass is 282 g/mol. The molecular formula is C13H22N4O3. The fourth-order valence-corrected chi connectivity index (χ4v) is 1.65. The highest BCUT2D eigenvalue weighted by atomic mass is 16.5. The Labute approximate surface area is 118 Å². The summed E-state index contributed by atoms with van der Waals surface area (Å²) in [5.74, 6) is -0.0132. The molecule has 112 valence electrons. The third kappa shape index (κ3) is 5.83. The molecule has 0 saturated heterocycles. The second-order valence-corrected chi connectivity index (χ2v) is 4.91. The quantitative estimate of drug-likeness (QED) is 0.771. The number of nitrogens with zero attached hydrogens (tertiary/aromatic N) is 2.